The third-order valence-electron chi connectivity index (χ3n) is 5.23. The van der Waals surface area contributed by atoms with E-state index in [0.717, 1.165) is 6.42 Å². The predicted octanol–water partition coefficient (Wildman–Crippen LogP) is 1.68. The van der Waals surface area contributed by atoms with Crippen molar-refractivity contribution in [1.82, 2.24) is 20.9 Å². The summed E-state index contributed by atoms with van der Waals surface area (Å²) >= 11 is 0. The number of aliphatic hydroxyl groups excluding tert-OH is 1. The van der Waals surface area contributed by atoms with Gasteiger partial charge in [0.05, 0.1) is 12.6 Å². The summed E-state index contributed by atoms with van der Waals surface area (Å²) in [6.45, 7) is 2.07. The summed E-state index contributed by atoms with van der Waals surface area (Å²) in [4.78, 5) is 40.6. The number of ether oxygens (including phenoxy) is 1. The van der Waals surface area contributed by atoms with Crippen LogP contribution in [0.2, 0.25) is 0 Å². The normalized spacial score (nSPS) is 18.5. The smallest absolute Gasteiger partial charge is 0.408 e. The number of nitrogens with zero attached hydrogens (tertiary/aromatic N) is 1. The molecule has 1 aliphatic heterocycles. The van der Waals surface area contributed by atoms with Crippen molar-refractivity contribution in [2.45, 2.75) is 63.6 Å². The topological polar surface area (TPSA) is 130 Å². The Labute approximate surface area is 185 Å². The molecule has 178 valence electrons. The van der Waals surface area contributed by atoms with Crippen LogP contribution in [0.3, 0.4) is 0 Å². The van der Waals surface area contributed by atoms with Crippen LogP contribution in [0, 0.1) is 5.92 Å². The second kappa shape index (κ2) is 12.9. The number of alkyl carbamates (subject to hydrolysis) is 1. The Hall–Kier alpha value is -2.82. The van der Waals surface area contributed by atoms with E-state index in [0.29, 0.717) is 19.4 Å². The van der Waals surface area contributed by atoms with E-state index >= 15 is 0 Å². The van der Waals surface area contributed by atoms with Crippen LogP contribution in [0.1, 0.15) is 50.7 Å². The maximum atomic E-state index is 13.4. The van der Waals surface area contributed by atoms with Gasteiger partial charge in [-0.15, -0.1) is 0 Å². The molecule has 0 aromatic carbocycles. The minimum absolute atomic E-state index is 0.0300. The minimum Gasteiger partial charge on any atom is -0.435 e. The standard InChI is InChI=1S/C21H30F2N4O5/c1-2-3-6-16(20(30)26-15(12-28)10-13-7-9-25-19(13)29)27-21(31)32-17(18(22)23)14-5-4-8-24-11-14/h4-5,8,11,13,15-18,28H,2-3,6-7,9-10,12H2,1H3,(H,25,29)(H,26,30)(H,27,31)/t13-,15-,16-,17?/m0/s1. The van der Waals surface area contributed by atoms with Crippen LogP contribution in [0.15, 0.2) is 24.5 Å². The molecule has 2 heterocycles. The van der Waals surface area contributed by atoms with Crippen molar-refractivity contribution in [2.75, 3.05) is 13.2 Å². The maximum Gasteiger partial charge on any atom is 0.408 e. The zero-order valence-corrected chi connectivity index (χ0v) is 17.9. The predicted molar refractivity (Wildman–Crippen MR) is 111 cm³/mol. The molecule has 11 heteroatoms. The average molecular weight is 456 g/mol. The summed E-state index contributed by atoms with van der Waals surface area (Å²) < 4.78 is 31.7. The lowest BCUT2D eigenvalue weighted by Gasteiger charge is -2.24. The molecule has 2 rings (SSSR count). The Morgan fingerprint density at radius 1 is 1.38 bits per heavy atom. The number of halogens is 2. The number of hydrogen-bond acceptors (Lipinski definition) is 6. The van der Waals surface area contributed by atoms with Crippen molar-refractivity contribution < 1.29 is 33.0 Å². The van der Waals surface area contributed by atoms with E-state index in [1.807, 2.05) is 6.92 Å². The lowest BCUT2D eigenvalue weighted by atomic mass is 9.98. The molecule has 1 fully saturated rings. The van der Waals surface area contributed by atoms with Crippen molar-refractivity contribution in [1.29, 1.82) is 0 Å². The Morgan fingerprint density at radius 2 is 2.16 bits per heavy atom. The lowest BCUT2D eigenvalue weighted by Crippen LogP contribution is -2.51. The van der Waals surface area contributed by atoms with Gasteiger partial charge in [0.2, 0.25) is 11.8 Å². The van der Waals surface area contributed by atoms with E-state index < -0.39 is 36.6 Å². The van der Waals surface area contributed by atoms with Crippen molar-refractivity contribution in [2.24, 2.45) is 5.92 Å². The highest BCUT2D eigenvalue weighted by Crippen LogP contribution is 2.24. The van der Waals surface area contributed by atoms with Gasteiger partial charge in [0, 0.05) is 30.4 Å². The average Bonchev–Trinajstić information content (AvgIpc) is 3.18. The van der Waals surface area contributed by atoms with Crippen LogP contribution in [0.5, 0.6) is 0 Å². The highest BCUT2D eigenvalue weighted by molar-refractivity contribution is 5.86. The summed E-state index contributed by atoms with van der Waals surface area (Å²) in [5, 5.41) is 17.3. The van der Waals surface area contributed by atoms with Crippen molar-refractivity contribution in [3.8, 4) is 0 Å². The molecule has 0 bridgehead atoms. The summed E-state index contributed by atoms with van der Waals surface area (Å²) in [7, 11) is 0. The fourth-order valence-electron chi connectivity index (χ4n) is 3.47. The molecule has 0 spiro atoms. The fraction of sp³-hybridized carbons (Fsp3) is 0.619. The van der Waals surface area contributed by atoms with Gasteiger partial charge in [-0.3, -0.25) is 14.6 Å². The quantitative estimate of drug-likeness (QED) is 0.379. The first-order valence-electron chi connectivity index (χ1n) is 10.7. The molecule has 1 unspecified atom stereocenters. The van der Waals surface area contributed by atoms with Gasteiger partial charge in [-0.2, -0.15) is 0 Å². The molecule has 1 saturated heterocycles. The van der Waals surface area contributed by atoms with E-state index in [-0.39, 0.29) is 36.8 Å². The number of nitrogens with one attached hydrogen (secondary N) is 3. The SMILES string of the molecule is CCCC[C@H](NC(=O)OC(c1cccnc1)C(F)F)C(=O)N[C@H](CO)C[C@@H]1CCNC1=O. The van der Waals surface area contributed by atoms with Crippen molar-refractivity contribution in [3.05, 3.63) is 30.1 Å². The third kappa shape index (κ3) is 7.70. The number of hydrogen-bond donors (Lipinski definition) is 4. The van der Waals surface area contributed by atoms with Crippen LogP contribution in [0.25, 0.3) is 0 Å². The van der Waals surface area contributed by atoms with E-state index in [1.165, 1.54) is 24.5 Å². The van der Waals surface area contributed by atoms with Crippen molar-refractivity contribution >= 4 is 17.9 Å². The molecule has 4 N–H and O–H groups in total. The van der Waals surface area contributed by atoms with Gasteiger partial charge >= 0.3 is 6.09 Å². The second-order valence-corrected chi connectivity index (χ2v) is 7.69. The number of pyridine rings is 1. The van der Waals surface area contributed by atoms with Gasteiger partial charge in [-0.05, 0) is 25.3 Å². The zero-order valence-electron chi connectivity index (χ0n) is 17.9. The van der Waals surface area contributed by atoms with Gasteiger partial charge in [0.1, 0.15) is 6.04 Å². The Balaban J connectivity index is 1.99. The van der Waals surface area contributed by atoms with Gasteiger partial charge in [0.25, 0.3) is 6.43 Å². The number of unbranched alkanes of at least 4 members (excludes halogenated alkanes) is 1. The molecule has 1 aromatic rings. The molecular weight excluding hydrogens is 426 g/mol. The van der Waals surface area contributed by atoms with Gasteiger partial charge in [-0.25, -0.2) is 13.6 Å². The summed E-state index contributed by atoms with van der Waals surface area (Å²) in [5.74, 6) is -1.02. The molecule has 32 heavy (non-hydrogen) atoms. The van der Waals surface area contributed by atoms with E-state index in [1.54, 1.807) is 0 Å². The lowest BCUT2D eigenvalue weighted by molar-refractivity contribution is -0.126. The zero-order chi connectivity index (χ0) is 23.5. The van der Waals surface area contributed by atoms with Crippen LogP contribution >= 0.6 is 0 Å². The van der Waals surface area contributed by atoms with Crippen LogP contribution in [0.4, 0.5) is 13.6 Å². The van der Waals surface area contributed by atoms with Gasteiger partial charge in [0.15, 0.2) is 6.10 Å². The molecule has 3 amide bonds. The number of carbonyl (C=O) groups excluding carboxylic acids is 3. The first-order valence-corrected chi connectivity index (χ1v) is 10.7. The fourth-order valence-corrected chi connectivity index (χ4v) is 3.47. The Morgan fingerprint density at radius 3 is 2.72 bits per heavy atom. The monoisotopic (exact) mass is 456 g/mol. The number of alkyl halides is 2. The summed E-state index contributed by atoms with van der Waals surface area (Å²) in [6.07, 6.45) is -0.937. The number of amides is 3. The Bertz CT molecular complexity index is 753. The van der Waals surface area contributed by atoms with E-state index in [9.17, 15) is 28.3 Å². The van der Waals surface area contributed by atoms with E-state index in [2.05, 4.69) is 20.9 Å². The van der Waals surface area contributed by atoms with Crippen LogP contribution < -0.4 is 16.0 Å². The van der Waals surface area contributed by atoms with Gasteiger partial charge < -0.3 is 25.8 Å². The molecule has 1 aromatic heterocycles. The largest absolute Gasteiger partial charge is 0.435 e. The number of aromatic nitrogens is 1. The highest BCUT2D eigenvalue weighted by atomic mass is 19.3. The van der Waals surface area contributed by atoms with Crippen molar-refractivity contribution in [3.63, 3.8) is 0 Å². The minimum atomic E-state index is -2.98. The molecule has 4 atom stereocenters. The molecule has 0 radical (unpaired) electrons. The summed E-state index contributed by atoms with van der Waals surface area (Å²) in [5.41, 5.74) is 0.0300. The Kier molecular flexibility index (Phi) is 10.3. The second-order valence-electron chi connectivity index (χ2n) is 7.69. The molecule has 0 aliphatic carbocycles. The maximum absolute atomic E-state index is 13.4. The number of carbonyl (C=O) groups is 3. The number of rotatable bonds is 12. The molecular formula is C21H30F2N4O5. The molecule has 1 aliphatic rings. The van der Waals surface area contributed by atoms with Gasteiger partial charge in [-0.1, -0.05) is 25.8 Å². The first-order chi connectivity index (χ1) is 15.3. The third-order valence-corrected chi connectivity index (χ3v) is 5.23. The highest BCUT2D eigenvalue weighted by Gasteiger charge is 2.31. The molecule has 9 nitrogen and oxygen atoms in total. The van der Waals surface area contributed by atoms with E-state index in [4.69, 9.17) is 4.74 Å². The van der Waals surface area contributed by atoms with Crippen LogP contribution in [-0.2, 0) is 14.3 Å². The summed E-state index contributed by atoms with van der Waals surface area (Å²) in [6, 6.07) is 1.09. The molecule has 0 saturated carbocycles. The number of aliphatic hydroxyl groups is 1. The van der Waals surface area contributed by atoms with Crippen LogP contribution in [-0.4, -0.2) is 59.7 Å². The first kappa shape index (κ1) is 25.4.